The Morgan fingerprint density at radius 1 is 1.25 bits per heavy atom. The van der Waals surface area contributed by atoms with Crippen LogP contribution in [0.1, 0.15) is 15.9 Å². The molecule has 0 amide bonds. The number of aryl methyl sites for hydroxylation is 1. The highest BCUT2D eigenvalue weighted by molar-refractivity contribution is 5.92. The van der Waals surface area contributed by atoms with Crippen molar-refractivity contribution >= 4 is 17.0 Å². The highest BCUT2D eigenvalue weighted by atomic mass is 19.1. The van der Waals surface area contributed by atoms with Gasteiger partial charge in [0.15, 0.2) is 0 Å². The molecule has 5 heteroatoms. The highest BCUT2D eigenvalue weighted by Crippen LogP contribution is 2.22. The zero-order valence-electron chi connectivity index (χ0n) is 10.7. The second kappa shape index (κ2) is 4.45. The molecule has 0 saturated heterocycles. The molecule has 1 heterocycles. The summed E-state index contributed by atoms with van der Waals surface area (Å²) in [6, 6.07) is 9.35. The van der Waals surface area contributed by atoms with Gasteiger partial charge in [-0.3, -0.25) is 4.57 Å². The van der Waals surface area contributed by atoms with Gasteiger partial charge in [-0.1, -0.05) is 6.07 Å². The van der Waals surface area contributed by atoms with Crippen LogP contribution >= 0.6 is 0 Å². The molecule has 0 aliphatic rings. The average molecular weight is 270 g/mol. The number of aromatic carboxylic acids is 1. The molecule has 0 aliphatic heterocycles. The Kier molecular flexibility index (Phi) is 2.75. The van der Waals surface area contributed by atoms with E-state index in [9.17, 15) is 9.18 Å². The molecule has 4 nitrogen and oxygen atoms in total. The summed E-state index contributed by atoms with van der Waals surface area (Å²) in [5.74, 6) is -1.40. The lowest BCUT2D eigenvalue weighted by atomic mass is 10.2. The van der Waals surface area contributed by atoms with E-state index >= 15 is 0 Å². The normalized spacial score (nSPS) is 10.9. The van der Waals surface area contributed by atoms with Gasteiger partial charge >= 0.3 is 5.97 Å². The van der Waals surface area contributed by atoms with Gasteiger partial charge in [0, 0.05) is 0 Å². The molecule has 0 fully saturated rings. The van der Waals surface area contributed by atoms with Crippen LogP contribution in [0.5, 0.6) is 0 Å². The maximum absolute atomic E-state index is 14.0. The van der Waals surface area contributed by atoms with Gasteiger partial charge in [0.2, 0.25) is 0 Å². The van der Waals surface area contributed by atoms with Gasteiger partial charge in [-0.2, -0.15) is 0 Å². The number of aromatic nitrogens is 2. The number of carboxylic acids is 1. The summed E-state index contributed by atoms with van der Waals surface area (Å²) in [6.07, 6.45) is 1.49. The molecule has 0 bridgehead atoms. The molecule has 0 saturated carbocycles. The molecule has 1 aromatic heterocycles. The number of halogens is 1. The summed E-state index contributed by atoms with van der Waals surface area (Å²) in [7, 11) is 0. The molecule has 0 aliphatic carbocycles. The SMILES string of the molecule is Cc1ccc(F)c(-n2cnc3ccc(C(=O)O)cc32)c1. The monoisotopic (exact) mass is 270 g/mol. The van der Waals surface area contributed by atoms with Gasteiger partial charge in [0.1, 0.15) is 12.1 Å². The number of carboxylic acid groups (broad SMARTS) is 1. The molecule has 3 rings (SSSR count). The molecule has 3 aromatic rings. The van der Waals surface area contributed by atoms with E-state index in [0.29, 0.717) is 16.7 Å². The summed E-state index contributed by atoms with van der Waals surface area (Å²) < 4.78 is 15.5. The van der Waals surface area contributed by atoms with E-state index in [1.54, 1.807) is 22.8 Å². The molecule has 2 aromatic carbocycles. The minimum absolute atomic E-state index is 0.146. The Labute approximate surface area is 114 Å². The number of hydrogen-bond acceptors (Lipinski definition) is 2. The van der Waals surface area contributed by atoms with Crippen molar-refractivity contribution in [3.8, 4) is 5.69 Å². The fourth-order valence-electron chi connectivity index (χ4n) is 2.14. The number of nitrogens with zero attached hydrogens (tertiary/aromatic N) is 2. The Hall–Kier alpha value is -2.69. The van der Waals surface area contributed by atoms with E-state index in [-0.39, 0.29) is 11.4 Å². The van der Waals surface area contributed by atoms with Crippen LogP contribution in [0, 0.1) is 12.7 Å². The van der Waals surface area contributed by atoms with Gasteiger partial charge in [-0.15, -0.1) is 0 Å². The van der Waals surface area contributed by atoms with Crippen LogP contribution in [0.2, 0.25) is 0 Å². The molecular formula is C15H11FN2O2. The van der Waals surface area contributed by atoms with Crippen LogP contribution in [-0.4, -0.2) is 20.6 Å². The van der Waals surface area contributed by atoms with Gasteiger partial charge in [-0.05, 0) is 42.8 Å². The maximum Gasteiger partial charge on any atom is 0.335 e. The third kappa shape index (κ3) is 1.93. The van der Waals surface area contributed by atoms with E-state index in [1.807, 2.05) is 6.92 Å². The number of hydrogen-bond donors (Lipinski definition) is 1. The molecule has 0 unspecified atom stereocenters. The molecule has 0 spiro atoms. The number of benzene rings is 2. The van der Waals surface area contributed by atoms with E-state index in [0.717, 1.165) is 5.56 Å². The van der Waals surface area contributed by atoms with Crippen LogP contribution in [0.3, 0.4) is 0 Å². The van der Waals surface area contributed by atoms with Crippen LogP contribution in [0.25, 0.3) is 16.7 Å². The fraction of sp³-hybridized carbons (Fsp3) is 0.0667. The smallest absolute Gasteiger partial charge is 0.335 e. The van der Waals surface area contributed by atoms with Crippen molar-refractivity contribution in [1.82, 2.24) is 9.55 Å². The lowest BCUT2D eigenvalue weighted by molar-refractivity contribution is 0.0697. The zero-order valence-corrected chi connectivity index (χ0v) is 10.7. The standard InChI is InChI=1S/C15H11FN2O2/c1-9-2-4-11(16)13(6-9)18-8-17-12-5-3-10(15(19)20)7-14(12)18/h2-8H,1H3,(H,19,20). The Morgan fingerprint density at radius 2 is 2.05 bits per heavy atom. The Bertz CT molecular complexity index is 824. The predicted octanol–water partition coefficient (Wildman–Crippen LogP) is 3.17. The largest absolute Gasteiger partial charge is 0.478 e. The number of fused-ring (bicyclic) bond motifs is 1. The summed E-state index contributed by atoms with van der Waals surface area (Å²) >= 11 is 0. The van der Waals surface area contributed by atoms with Crippen molar-refractivity contribution in [2.24, 2.45) is 0 Å². The number of rotatable bonds is 2. The maximum atomic E-state index is 14.0. The molecule has 100 valence electrons. The minimum Gasteiger partial charge on any atom is -0.478 e. The second-order valence-electron chi connectivity index (χ2n) is 4.58. The molecule has 0 atom stereocenters. The fourth-order valence-corrected chi connectivity index (χ4v) is 2.14. The number of carbonyl (C=O) groups is 1. The van der Waals surface area contributed by atoms with E-state index < -0.39 is 5.97 Å². The van der Waals surface area contributed by atoms with Crippen LogP contribution in [0.15, 0.2) is 42.7 Å². The highest BCUT2D eigenvalue weighted by Gasteiger charge is 2.11. The van der Waals surface area contributed by atoms with Crippen molar-refractivity contribution < 1.29 is 14.3 Å². The van der Waals surface area contributed by atoms with Crippen molar-refractivity contribution in [2.45, 2.75) is 6.92 Å². The topological polar surface area (TPSA) is 55.1 Å². The molecule has 0 radical (unpaired) electrons. The summed E-state index contributed by atoms with van der Waals surface area (Å²) in [5.41, 5.74) is 2.60. The summed E-state index contributed by atoms with van der Waals surface area (Å²) in [6.45, 7) is 1.87. The predicted molar refractivity (Wildman–Crippen MR) is 72.7 cm³/mol. The average Bonchev–Trinajstić information content (AvgIpc) is 2.84. The number of imidazole rings is 1. The van der Waals surface area contributed by atoms with Crippen LogP contribution in [0.4, 0.5) is 4.39 Å². The van der Waals surface area contributed by atoms with Crippen molar-refractivity contribution in [3.63, 3.8) is 0 Å². The Morgan fingerprint density at radius 3 is 2.80 bits per heavy atom. The van der Waals surface area contributed by atoms with E-state index in [2.05, 4.69) is 4.98 Å². The lowest BCUT2D eigenvalue weighted by Gasteiger charge is -2.07. The second-order valence-corrected chi connectivity index (χ2v) is 4.58. The summed E-state index contributed by atoms with van der Waals surface area (Å²) in [4.78, 5) is 15.2. The molecule has 1 N–H and O–H groups in total. The van der Waals surface area contributed by atoms with Crippen molar-refractivity contribution in [1.29, 1.82) is 0 Å². The van der Waals surface area contributed by atoms with E-state index in [1.165, 1.54) is 24.5 Å². The van der Waals surface area contributed by atoms with Gasteiger partial charge in [0.25, 0.3) is 0 Å². The third-order valence-electron chi connectivity index (χ3n) is 3.16. The quantitative estimate of drug-likeness (QED) is 0.778. The Balaban J connectivity index is 2.28. The minimum atomic E-state index is -1.02. The van der Waals surface area contributed by atoms with Crippen LogP contribution < -0.4 is 0 Å². The van der Waals surface area contributed by atoms with E-state index in [4.69, 9.17) is 5.11 Å². The van der Waals surface area contributed by atoms with Crippen molar-refractivity contribution in [2.75, 3.05) is 0 Å². The van der Waals surface area contributed by atoms with Crippen LogP contribution in [-0.2, 0) is 0 Å². The molecular weight excluding hydrogens is 259 g/mol. The zero-order chi connectivity index (χ0) is 14.3. The first kappa shape index (κ1) is 12.3. The first-order valence-corrected chi connectivity index (χ1v) is 6.03. The summed E-state index contributed by atoms with van der Waals surface area (Å²) in [5, 5.41) is 9.04. The van der Waals surface area contributed by atoms with Crippen molar-refractivity contribution in [3.05, 3.63) is 59.7 Å². The van der Waals surface area contributed by atoms with Gasteiger partial charge < -0.3 is 5.11 Å². The lowest BCUT2D eigenvalue weighted by Crippen LogP contribution is -1.99. The molecule has 20 heavy (non-hydrogen) atoms. The first-order chi connectivity index (χ1) is 9.56. The van der Waals surface area contributed by atoms with Gasteiger partial charge in [-0.25, -0.2) is 14.2 Å². The first-order valence-electron chi connectivity index (χ1n) is 6.03. The third-order valence-corrected chi connectivity index (χ3v) is 3.16. The van der Waals surface area contributed by atoms with Gasteiger partial charge in [0.05, 0.1) is 22.3 Å².